The molecule has 0 unspecified atom stereocenters. The van der Waals surface area contributed by atoms with E-state index >= 15 is 0 Å². The molecule has 0 aliphatic carbocycles. The van der Waals surface area contributed by atoms with Gasteiger partial charge in [-0.3, -0.25) is 4.79 Å². The number of aromatic nitrogens is 1. The van der Waals surface area contributed by atoms with Crippen LogP contribution in [0.3, 0.4) is 0 Å². The maximum absolute atomic E-state index is 13.1. The Labute approximate surface area is 150 Å². The third kappa shape index (κ3) is 3.78. The van der Waals surface area contributed by atoms with Crippen molar-refractivity contribution in [3.8, 4) is 0 Å². The summed E-state index contributed by atoms with van der Waals surface area (Å²) in [6.45, 7) is 7.20. The molecule has 0 bridgehead atoms. The van der Waals surface area contributed by atoms with Crippen molar-refractivity contribution in [1.82, 2.24) is 4.57 Å². The zero-order valence-electron chi connectivity index (χ0n) is 15.8. The van der Waals surface area contributed by atoms with Gasteiger partial charge in [0.2, 0.25) is 0 Å². The van der Waals surface area contributed by atoms with E-state index in [0.717, 1.165) is 34.8 Å². The van der Waals surface area contributed by atoms with Gasteiger partial charge in [0, 0.05) is 17.3 Å². The van der Waals surface area contributed by atoms with Crippen molar-refractivity contribution in [2.45, 2.75) is 65.8 Å². The molecule has 1 aromatic heterocycles. The average Bonchev–Trinajstić information content (AvgIpc) is 2.60. The summed E-state index contributed by atoms with van der Waals surface area (Å²) in [4.78, 5) is 13.1. The van der Waals surface area contributed by atoms with Gasteiger partial charge in [-0.25, -0.2) is 0 Å². The Balaban J connectivity index is 2.01. The predicted molar refractivity (Wildman–Crippen MR) is 109 cm³/mol. The second-order valence-corrected chi connectivity index (χ2v) is 7.29. The molecule has 0 radical (unpaired) electrons. The van der Waals surface area contributed by atoms with Gasteiger partial charge < -0.3 is 4.57 Å². The van der Waals surface area contributed by atoms with Gasteiger partial charge in [0.25, 0.3) is 5.56 Å². The first kappa shape index (κ1) is 17.7. The number of nitrogens with zero attached hydrogens (tertiary/aromatic N) is 1. The van der Waals surface area contributed by atoms with Crippen molar-refractivity contribution in [3.05, 3.63) is 57.9 Å². The second-order valence-electron chi connectivity index (χ2n) is 7.29. The van der Waals surface area contributed by atoms with Crippen LogP contribution in [-0.2, 0) is 6.54 Å². The second kappa shape index (κ2) is 7.86. The smallest absolute Gasteiger partial charge is 0.258 e. The lowest BCUT2D eigenvalue weighted by atomic mass is 10.0. The van der Waals surface area contributed by atoms with Gasteiger partial charge >= 0.3 is 0 Å². The molecule has 0 N–H and O–H groups in total. The maximum Gasteiger partial charge on any atom is 0.258 e. The first-order valence-corrected chi connectivity index (χ1v) is 9.65. The average molecular weight is 335 g/mol. The summed E-state index contributed by atoms with van der Waals surface area (Å²) in [5.74, 6) is 0. The number of hydrogen-bond donors (Lipinski definition) is 0. The van der Waals surface area contributed by atoms with Crippen molar-refractivity contribution in [2.24, 2.45) is 0 Å². The summed E-state index contributed by atoms with van der Waals surface area (Å²) in [6, 6.07) is 12.7. The monoisotopic (exact) mass is 335 g/mol. The Morgan fingerprint density at radius 3 is 2.16 bits per heavy atom. The van der Waals surface area contributed by atoms with Crippen LogP contribution in [0.5, 0.6) is 0 Å². The lowest BCUT2D eigenvalue weighted by Crippen LogP contribution is -2.21. The standard InChI is InChI=1S/C23H29NO/c1-4-5-6-7-8-9-14-24-22-16-18(3)11-13-20(22)19-12-10-17(2)15-21(19)23(24)25/h10-13,15-16H,4-9,14H2,1-3H3. The molecular weight excluding hydrogens is 306 g/mol. The zero-order valence-corrected chi connectivity index (χ0v) is 15.8. The van der Waals surface area contributed by atoms with Crippen LogP contribution in [0.4, 0.5) is 0 Å². The van der Waals surface area contributed by atoms with Crippen LogP contribution >= 0.6 is 0 Å². The van der Waals surface area contributed by atoms with E-state index in [9.17, 15) is 4.79 Å². The Bertz CT molecular complexity index is 936. The highest BCUT2D eigenvalue weighted by atomic mass is 16.1. The Morgan fingerprint density at radius 2 is 1.40 bits per heavy atom. The van der Waals surface area contributed by atoms with Crippen LogP contribution < -0.4 is 5.56 Å². The number of fused-ring (bicyclic) bond motifs is 3. The quantitative estimate of drug-likeness (QED) is 0.376. The normalized spacial score (nSPS) is 11.5. The zero-order chi connectivity index (χ0) is 17.8. The van der Waals surface area contributed by atoms with E-state index in [1.165, 1.54) is 43.1 Å². The fourth-order valence-electron chi connectivity index (χ4n) is 3.69. The number of benzene rings is 2. The van der Waals surface area contributed by atoms with E-state index in [1.54, 1.807) is 0 Å². The first-order chi connectivity index (χ1) is 12.1. The minimum absolute atomic E-state index is 0.158. The van der Waals surface area contributed by atoms with E-state index in [-0.39, 0.29) is 5.56 Å². The molecule has 0 amide bonds. The third-order valence-corrected chi connectivity index (χ3v) is 5.12. The van der Waals surface area contributed by atoms with E-state index in [1.807, 2.05) is 10.6 Å². The number of rotatable bonds is 7. The summed E-state index contributed by atoms with van der Waals surface area (Å²) in [6.07, 6.45) is 7.44. The van der Waals surface area contributed by atoms with E-state index in [4.69, 9.17) is 0 Å². The molecule has 2 aromatic carbocycles. The van der Waals surface area contributed by atoms with Crippen LogP contribution in [-0.4, -0.2) is 4.57 Å². The lowest BCUT2D eigenvalue weighted by Gasteiger charge is -2.14. The number of unbranched alkanes of at least 4 members (excludes halogenated alkanes) is 5. The fourth-order valence-corrected chi connectivity index (χ4v) is 3.69. The van der Waals surface area contributed by atoms with E-state index < -0.39 is 0 Å². The molecule has 3 rings (SSSR count). The summed E-state index contributed by atoms with van der Waals surface area (Å²) in [7, 11) is 0. The SMILES string of the molecule is CCCCCCCCn1c(=O)c2cc(C)ccc2c2ccc(C)cc21. The summed E-state index contributed by atoms with van der Waals surface area (Å²) < 4.78 is 2.00. The van der Waals surface area contributed by atoms with Gasteiger partial charge in [0.15, 0.2) is 0 Å². The number of pyridine rings is 1. The molecule has 0 spiro atoms. The lowest BCUT2D eigenvalue weighted by molar-refractivity contribution is 0.559. The molecular formula is C23H29NO. The van der Waals surface area contributed by atoms with Crippen LogP contribution in [0.1, 0.15) is 56.6 Å². The molecule has 2 nitrogen and oxygen atoms in total. The molecule has 0 aliphatic heterocycles. The first-order valence-electron chi connectivity index (χ1n) is 9.65. The molecule has 0 saturated heterocycles. The van der Waals surface area contributed by atoms with Gasteiger partial charge in [0.1, 0.15) is 0 Å². The highest BCUT2D eigenvalue weighted by molar-refractivity contribution is 6.05. The van der Waals surface area contributed by atoms with Crippen molar-refractivity contribution < 1.29 is 0 Å². The fraction of sp³-hybridized carbons (Fsp3) is 0.435. The predicted octanol–water partition coefficient (Wildman–Crippen LogP) is 6.13. The summed E-state index contributed by atoms with van der Waals surface area (Å²) >= 11 is 0. The van der Waals surface area contributed by atoms with Gasteiger partial charge in [-0.05, 0) is 43.4 Å². The Hall–Kier alpha value is -2.09. The molecule has 2 heteroatoms. The van der Waals surface area contributed by atoms with Gasteiger partial charge in [0.05, 0.1) is 5.52 Å². The largest absolute Gasteiger partial charge is 0.308 e. The molecule has 0 aliphatic rings. The molecule has 132 valence electrons. The van der Waals surface area contributed by atoms with Gasteiger partial charge in [-0.2, -0.15) is 0 Å². The topological polar surface area (TPSA) is 22.0 Å². The molecule has 0 fully saturated rings. The number of aryl methyl sites for hydroxylation is 3. The van der Waals surface area contributed by atoms with Crippen molar-refractivity contribution >= 4 is 21.7 Å². The molecule has 0 saturated carbocycles. The molecule has 0 atom stereocenters. The van der Waals surface area contributed by atoms with E-state index in [2.05, 4.69) is 51.1 Å². The summed E-state index contributed by atoms with van der Waals surface area (Å²) in [5, 5.41) is 3.11. The number of hydrogen-bond acceptors (Lipinski definition) is 1. The minimum Gasteiger partial charge on any atom is -0.308 e. The van der Waals surface area contributed by atoms with Crippen molar-refractivity contribution in [1.29, 1.82) is 0 Å². The van der Waals surface area contributed by atoms with Crippen molar-refractivity contribution in [2.75, 3.05) is 0 Å². The molecule has 25 heavy (non-hydrogen) atoms. The highest BCUT2D eigenvalue weighted by Crippen LogP contribution is 2.25. The van der Waals surface area contributed by atoms with Gasteiger partial charge in [-0.15, -0.1) is 0 Å². The van der Waals surface area contributed by atoms with E-state index in [0.29, 0.717) is 0 Å². The van der Waals surface area contributed by atoms with Crippen LogP contribution in [0.15, 0.2) is 41.2 Å². The maximum atomic E-state index is 13.1. The minimum atomic E-state index is 0.158. The summed E-state index contributed by atoms with van der Waals surface area (Å²) in [5.41, 5.74) is 3.58. The van der Waals surface area contributed by atoms with Crippen LogP contribution in [0, 0.1) is 13.8 Å². The molecule has 1 heterocycles. The van der Waals surface area contributed by atoms with Crippen molar-refractivity contribution in [3.63, 3.8) is 0 Å². The van der Waals surface area contributed by atoms with Crippen LogP contribution in [0.25, 0.3) is 21.7 Å². The third-order valence-electron chi connectivity index (χ3n) is 5.12. The van der Waals surface area contributed by atoms with Crippen LogP contribution in [0.2, 0.25) is 0 Å². The van der Waals surface area contributed by atoms with Gasteiger partial charge in [-0.1, -0.05) is 68.9 Å². The Morgan fingerprint density at radius 1 is 0.760 bits per heavy atom. The Kier molecular flexibility index (Phi) is 5.57. The molecule has 3 aromatic rings. The highest BCUT2D eigenvalue weighted by Gasteiger charge is 2.11.